The Morgan fingerprint density at radius 3 is 2.53 bits per heavy atom. The van der Waals surface area contributed by atoms with Crippen molar-refractivity contribution < 1.29 is 22.7 Å². The fourth-order valence-corrected chi connectivity index (χ4v) is 5.76. The second-order valence-corrected chi connectivity index (χ2v) is 12.0. The highest BCUT2D eigenvalue weighted by Crippen LogP contribution is 2.36. The van der Waals surface area contributed by atoms with E-state index in [0.29, 0.717) is 33.8 Å². The van der Waals surface area contributed by atoms with E-state index in [1.165, 1.54) is 36.6 Å². The highest BCUT2D eigenvalue weighted by atomic mass is 32.2. The van der Waals surface area contributed by atoms with Crippen molar-refractivity contribution >= 4 is 38.1 Å². The Kier molecular flexibility index (Phi) is 8.05. The maximum absolute atomic E-state index is 13.4. The number of hydrogen-bond donors (Lipinski definition) is 2. The van der Waals surface area contributed by atoms with Crippen molar-refractivity contribution in [3.63, 3.8) is 0 Å². The number of nitrogens with one attached hydrogen (secondary N) is 2. The zero-order valence-corrected chi connectivity index (χ0v) is 21.8. The van der Waals surface area contributed by atoms with Crippen LogP contribution in [0.25, 0.3) is 0 Å². The van der Waals surface area contributed by atoms with Crippen molar-refractivity contribution in [1.29, 1.82) is 0 Å². The number of amides is 2. The molecule has 8 nitrogen and oxygen atoms in total. The number of hydrogen-bond acceptors (Lipinski definition) is 7. The van der Waals surface area contributed by atoms with E-state index >= 15 is 0 Å². The number of thiazole rings is 1. The van der Waals surface area contributed by atoms with Crippen LogP contribution in [0.2, 0.25) is 0 Å². The molecule has 0 spiro atoms. The van der Waals surface area contributed by atoms with Gasteiger partial charge in [0, 0.05) is 18.9 Å². The summed E-state index contributed by atoms with van der Waals surface area (Å²) in [6.45, 7) is 0. The van der Waals surface area contributed by atoms with Gasteiger partial charge in [0.1, 0.15) is 5.75 Å². The van der Waals surface area contributed by atoms with Crippen LogP contribution in [-0.2, 0) is 14.6 Å². The number of carbonyl (C=O) groups is 2. The molecule has 1 atom stereocenters. The summed E-state index contributed by atoms with van der Waals surface area (Å²) >= 11 is 1.19. The van der Waals surface area contributed by atoms with E-state index in [4.69, 9.17) is 4.74 Å². The summed E-state index contributed by atoms with van der Waals surface area (Å²) in [5, 5.41) is 6.37. The summed E-state index contributed by atoms with van der Waals surface area (Å²) < 4.78 is 29.5. The highest BCUT2D eigenvalue weighted by molar-refractivity contribution is 7.90. The molecule has 2 aromatic carbocycles. The van der Waals surface area contributed by atoms with Gasteiger partial charge in [0.25, 0.3) is 5.91 Å². The lowest BCUT2D eigenvalue weighted by atomic mass is 9.87. The first-order valence-electron chi connectivity index (χ1n) is 11.8. The predicted octanol–water partition coefficient (Wildman–Crippen LogP) is 5.00. The first-order chi connectivity index (χ1) is 17.2. The van der Waals surface area contributed by atoms with Crippen LogP contribution in [0.15, 0.2) is 59.6 Å². The van der Waals surface area contributed by atoms with Crippen molar-refractivity contribution in [1.82, 2.24) is 10.3 Å². The molecule has 0 bridgehead atoms. The third-order valence-electron chi connectivity index (χ3n) is 6.33. The number of aromatic nitrogens is 1. The van der Waals surface area contributed by atoms with Gasteiger partial charge in [-0.2, -0.15) is 0 Å². The molecule has 4 rings (SSSR count). The Labute approximate surface area is 215 Å². The average molecular weight is 528 g/mol. The second kappa shape index (κ2) is 11.2. The zero-order valence-electron chi connectivity index (χ0n) is 20.2. The number of sulfone groups is 1. The van der Waals surface area contributed by atoms with Crippen molar-refractivity contribution in [3.05, 3.63) is 65.9 Å². The Bertz CT molecular complexity index is 1330. The molecule has 1 heterocycles. The second-order valence-electron chi connectivity index (χ2n) is 8.96. The Balaban J connectivity index is 1.48. The van der Waals surface area contributed by atoms with Crippen molar-refractivity contribution in [3.8, 4) is 10.8 Å². The minimum atomic E-state index is -3.31. The third kappa shape index (κ3) is 6.50. The summed E-state index contributed by atoms with van der Waals surface area (Å²) in [5.74, 6) is 0.132. The van der Waals surface area contributed by atoms with E-state index in [0.717, 1.165) is 18.4 Å². The zero-order chi connectivity index (χ0) is 25.7. The standard InChI is InChI=1S/C26H29N3O5S2/c1-27-24(30)19-8-5-9-20(15-19)34-23-16-28-26(35-23)29-25(31)22(14-17-6-3-4-7-17)18-10-12-21(13-11-18)36(2,32)33/h5,8-13,15-17,22H,3-4,6-7,14H2,1-2H3,(H,27,30)(H,28,29,31)/t22-/m1/s1. The van der Waals surface area contributed by atoms with Gasteiger partial charge in [0.2, 0.25) is 11.0 Å². The first kappa shape index (κ1) is 25.8. The van der Waals surface area contributed by atoms with Crippen molar-refractivity contribution in [2.24, 2.45) is 5.92 Å². The van der Waals surface area contributed by atoms with Gasteiger partial charge in [-0.15, -0.1) is 0 Å². The van der Waals surface area contributed by atoms with Crippen LogP contribution in [0.5, 0.6) is 10.8 Å². The van der Waals surface area contributed by atoms with Crippen LogP contribution in [0.1, 0.15) is 53.9 Å². The molecule has 1 fully saturated rings. The number of benzene rings is 2. The van der Waals surface area contributed by atoms with E-state index in [1.54, 1.807) is 55.6 Å². The van der Waals surface area contributed by atoms with Crippen molar-refractivity contribution in [2.45, 2.75) is 42.9 Å². The van der Waals surface area contributed by atoms with Crippen LogP contribution in [0.3, 0.4) is 0 Å². The number of nitrogens with zero attached hydrogens (tertiary/aromatic N) is 1. The van der Waals surface area contributed by atoms with Gasteiger partial charge in [-0.25, -0.2) is 13.4 Å². The van der Waals surface area contributed by atoms with Gasteiger partial charge in [-0.3, -0.25) is 9.59 Å². The molecule has 190 valence electrons. The smallest absolute Gasteiger partial charge is 0.251 e. The summed E-state index contributed by atoms with van der Waals surface area (Å²) in [4.78, 5) is 29.7. The Hall–Kier alpha value is -3.24. The van der Waals surface area contributed by atoms with Crippen LogP contribution in [0.4, 0.5) is 5.13 Å². The highest BCUT2D eigenvalue weighted by Gasteiger charge is 2.27. The molecule has 1 aliphatic carbocycles. The molecule has 2 amide bonds. The SMILES string of the molecule is CNC(=O)c1cccc(Oc2cnc(NC(=O)[C@H](CC3CCCC3)c3ccc(S(C)(=O)=O)cc3)s2)c1. The number of carbonyl (C=O) groups excluding carboxylic acids is 2. The lowest BCUT2D eigenvalue weighted by molar-refractivity contribution is -0.118. The molecule has 0 saturated heterocycles. The van der Waals surface area contributed by atoms with Crippen LogP contribution in [-0.4, -0.2) is 38.5 Å². The molecular weight excluding hydrogens is 498 g/mol. The van der Waals surface area contributed by atoms with Gasteiger partial charge in [-0.05, 0) is 48.2 Å². The first-order valence-corrected chi connectivity index (χ1v) is 14.5. The fourth-order valence-electron chi connectivity index (χ4n) is 4.44. The fraction of sp³-hybridized carbons (Fsp3) is 0.346. The molecule has 10 heteroatoms. The summed E-state index contributed by atoms with van der Waals surface area (Å²) in [7, 11) is -1.75. The predicted molar refractivity (Wildman–Crippen MR) is 140 cm³/mol. The maximum atomic E-state index is 13.4. The van der Waals surface area contributed by atoms with Gasteiger partial charge in [0.15, 0.2) is 15.0 Å². The monoisotopic (exact) mass is 527 g/mol. The van der Waals surface area contributed by atoms with E-state index < -0.39 is 15.8 Å². The average Bonchev–Trinajstić information content (AvgIpc) is 3.54. The molecular formula is C26H29N3O5S2. The summed E-state index contributed by atoms with van der Waals surface area (Å²) in [6.07, 6.45) is 7.91. The molecule has 36 heavy (non-hydrogen) atoms. The third-order valence-corrected chi connectivity index (χ3v) is 8.25. The lowest BCUT2D eigenvalue weighted by Gasteiger charge is -2.20. The molecule has 1 aromatic heterocycles. The Morgan fingerprint density at radius 1 is 1.14 bits per heavy atom. The molecule has 0 radical (unpaired) electrons. The van der Waals surface area contributed by atoms with Crippen LogP contribution in [0, 0.1) is 5.92 Å². The molecule has 2 N–H and O–H groups in total. The normalized spacial score (nSPS) is 14.8. The molecule has 1 aliphatic rings. The van der Waals surface area contributed by atoms with E-state index in [-0.39, 0.29) is 16.7 Å². The molecule has 1 saturated carbocycles. The quantitative estimate of drug-likeness (QED) is 0.405. The van der Waals surface area contributed by atoms with Gasteiger partial charge >= 0.3 is 0 Å². The van der Waals surface area contributed by atoms with Crippen LogP contribution < -0.4 is 15.4 Å². The summed E-state index contributed by atoms with van der Waals surface area (Å²) in [6, 6.07) is 13.4. The van der Waals surface area contributed by atoms with E-state index in [2.05, 4.69) is 15.6 Å². The van der Waals surface area contributed by atoms with Gasteiger partial charge < -0.3 is 15.4 Å². The Morgan fingerprint density at radius 2 is 1.86 bits per heavy atom. The lowest BCUT2D eigenvalue weighted by Crippen LogP contribution is -2.23. The summed E-state index contributed by atoms with van der Waals surface area (Å²) in [5.41, 5.74) is 1.26. The minimum absolute atomic E-state index is 0.184. The molecule has 0 unspecified atom stereocenters. The van der Waals surface area contributed by atoms with Crippen LogP contribution >= 0.6 is 11.3 Å². The molecule has 3 aromatic rings. The number of rotatable bonds is 9. The van der Waals surface area contributed by atoms with Crippen molar-refractivity contribution in [2.75, 3.05) is 18.6 Å². The minimum Gasteiger partial charge on any atom is -0.445 e. The molecule has 0 aliphatic heterocycles. The van der Waals surface area contributed by atoms with E-state index in [9.17, 15) is 18.0 Å². The number of ether oxygens (including phenoxy) is 1. The van der Waals surface area contributed by atoms with Gasteiger partial charge in [0.05, 0.1) is 17.0 Å². The number of anilines is 1. The topological polar surface area (TPSA) is 114 Å². The largest absolute Gasteiger partial charge is 0.445 e. The van der Waals surface area contributed by atoms with Gasteiger partial charge in [-0.1, -0.05) is 55.2 Å². The van der Waals surface area contributed by atoms with E-state index in [1.807, 2.05) is 0 Å². The maximum Gasteiger partial charge on any atom is 0.251 e.